The molecular weight excluding hydrogens is 462 g/mol. The lowest BCUT2D eigenvalue weighted by Crippen LogP contribution is -2.10. The number of carbonyl (C=O) groups is 1. The number of thiophene rings is 1. The number of nitro benzene ring substituents is 1. The molecule has 164 valence electrons. The number of nitrogens with one attached hydrogen (secondary N) is 1. The van der Waals surface area contributed by atoms with Crippen LogP contribution in [-0.4, -0.2) is 15.8 Å². The van der Waals surface area contributed by atoms with Crippen molar-refractivity contribution < 1.29 is 14.1 Å². The van der Waals surface area contributed by atoms with Gasteiger partial charge in [-0.25, -0.2) is 4.98 Å². The van der Waals surface area contributed by atoms with E-state index in [9.17, 15) is 14.9 Å². The number of amides is 1. The number of non-ortho nitro benzene ring substituents is 1. The van der Waals surface area contributed by atoms with Gasteiger partial charge in [0.1, 0.15) is 15.1 Å². The molecule has 2 aromatic heterocycles. The van der Waals surface area contributed by atoms with Gasteiger partial charge in [0, 0.05) is 22.7 Å². The Labute approximate surface area is 196 Å². The maximum absolute atomic E-state index is 12.9. The molecule has 0 radical (unpaired) electrons. The van der Waals surface area contributed by atoms with Gasteiger partial charge in [-0.3, -0.25) is 14.9 Å². The van der Waals surface area contributed by atoms with E-state index in [4.69, 9.17) is 16.0 Å². The smallest absolute Gasteiger partial charge is 0.287 e. The van der Waals surface area contributed by atoms with Gasteiger partial charge in [0.05, 0.1) is 9.95 Å². The molecule has 5 aromatic rings. The predicted molar refractivity (Wildman–Crippen MR) is 130 cm³/mol. The zero-order valence-corrected chi connectivity index (χ0v) is 18.9. The van der Waals surface area contributed by atoms with Gasteiger partial charge in [-0.1, -0.05) is 42.8 Å². The van der Waals surface area contributed by atoms with Gasteiger partial charge in [-0.05, 0) is 42.3 Å². The number of hydrogen-bond acceptors (Lipinski definition) is 6. The summed E-state index contributed by atoms with van der Waals surface area (Å²) in [7, 11) is 0. The molecule has 3 aromatic carbocycles. The normalized spacial score (nSPS) is 11.2. The molecule has 5 rings (SSSR count). The van der Waals surface area contributed by atoms with Crippen LogP contribution in [0, 0.1) is 10.1 Å². The number of anilines is 1. The lowest BCUT2D eigenvalue weighted by Gasteiger charge is -2.03. The average molecular weight is 478 g/mol. The fourth-order valence-corrected chi connectivity index (χ4v) is 5.05. The number of hydrogen-bond donors (Lipinski definition) is 1. The highest BCUT2D eigenvalue weighted by molar-refractivity contribution is 7.22. The Morgan fingerprint density at radius 3 is 2.70 bits per heavy atom. The molecule has 0 aliphatic carbocycles. The second kappa shape index (κ2) is 8.31. The third-order valence-electron chi connectivity index (χ3n) is 5.29. The number of oxazole rings is 1. The molecule has 0 spiro atoms. The molecule has 0 saturated heterocycles. The molecule has 0 atom stereocenters. The summed E-state index contributed by atoms with van der Waals surface area (Å²) in [4.78, 5) is 28.5. The lowest BCUT2D eigenvalue weighted by atomic mass is 10.1. The number of benzene rings is 3. The Morgan fingerprint density at radius 2 is 1.97 bits per heavy atom. The third-order valence-corrected chi connectivity index (χ3v) is 7.02. The van der Waals surface area contributed by atoms with Crippen molar-refractivity contribution in [1.82, 2.24) is 4.98 Å². The van der Waals surface area contributed by atoms with Crippen molar-refractivity contribution >= 4 is 61.4 Å². The van der Waals surface area contributed by atoms with E-state index in [1.807, 2.05) is 24.3 Å². The van der Waals surface area contributed by atoms with Crippen LogP contribution in [0.2, 0.25) is 5.02 Å². The molecule has 33 heavy (non-hydrogen) atoms. The molecule has 9 heteroatoms. The number of aromatic nitrogens is 1. The lowest BCUT2D eigenvalue weighted by molar-refractivity contribution is -0.382. The van der Waals surface area contributed by atoms with E-state index in [1.165, 1.54) is 11.6 Å². The number of nitrogens with zero attached hydrogens (tertiary/aromatic N) is 2. The summed E-state index contributed by atoms with van der Waals surface area (Å²) >= 11 is 7.38. The van der Waals surface area contributed by atoms with E-state index in [2.05, 4.69) is 17.2 Å². The number of fused-ring (bicyclic) bond motifs is 2. The zero-order valence-electron chi connectivity index (χ0n) is 17.3. The minimum Gasteiger partial charge on any atom is -0.436 e. The number of nitro groups is 1. The summed E-state index contributed by atoms with van der Waals surface area (Å²) in [5.74, 6) is 0.0460. The summed E-state index contributed by atoms with van der Waals surface area (Å²) in [5.41, 5.74) is 3.72. The fraction of sp³-hybridized carbons (Fsp3) is 0.0833. The second-order valence-electron chi connectivity index (χ2n) is 7.36. The Kier molecular flexibility index (Phi) is 5.32. The molecule has 0 aliphatic heterocycles. The monoisotopic (exact) mass is 477 g/mol. The second-order valence-corrected chi connectivity index (χ2v) is 8.76. The van der Waals surface area contributed by atoms with Crippen LogP contribution in [0.1, 0.15) is 22.2 Å². The summed E-state index contributed by atoms with van der Waals surface area (Å²) in [5, 5.41) is 14.8. The van der Waals surface area contributed by atoms with Crippen molar-refractivity contribution in [3.63, 3.8) is 0 Å². The van der Waals surface area contributed by atoms with Gasteiger partial charge < -0.3 is 9.73 Å². The van der Waals surface area contributed by atoms with Gasteiger partial charge in [-0.15, -0.1) is 11.3 Å². The minimum atomic E-state index is -0.483. The van der Waals surface area contributed by atoms with Crippen LogP contribution < -0.4 is 5.32 Å². The molecule has 2 heterocycles. The number of halogens is 1. The van der Waals surface area contributed by atoms with Crippen LogP contribution in [0.25, 0.3) is 32.6 Å². The molecule has 0 bridgehead atoms. The van der Waals surface area contributed by atoms with Gasteiger partial charge >= 0.3 is 0 Å². The number of aryl methyl sites for hydroxylation is 1. The summed E-state index contributed by atoms with van der Waals surface area (Å²) in [6.45, 7) is 2.09. The molecule has 7 nitrogen and oxygen atoms in total. The highest BCUT2D eigenvalue weighted by atomic mass is 35.5. The highest BCUT2D eigenvalue weighted by Gasteiger charge is 2.23. The Morgan fingerprint density at radius 1 is 1.18 bits per heavy atom. The van der Waals surface area contributed by atoms with Gasteiger partial charge in [0.15, 0.2) is 5.58 Å². The first-order valence-electron chi connectivity index (χ1n) is 10.1. The first-order valence-corrected chi connectivity index (χ1v) is 11.3. The van der Waals surface area contributed by atoms with Gasteiger partial charge in [-0.2, -0.15) is 0 Å². The van der Waals surface area contributed by atoms with Crippen molar-refractivity contribution in [2.24, 2.45) is 0 Å². The van der Waals surface area contributed by atoms with Crippen LogP contribution in [0.3, 0.4) is 0 Å². The van der Waals surface area contributed by atoms with Crippen molar-refractivity contribution in [3.05, 3.63) is 86.2 Å². The Balaban J connectivity index is 1.44. The average Bonchev–Trinajstić information content (AvgIpc) is 3.40. The molecule has 0 fully saturated rings. The molecule has 0 saturated carbocycles. The van der Waals surface area contributed by atoms with E-state index < -0.39 is 10.8 Å². The maximum atomic E-state index is 12.9. The largest absolute Gasteiger partial charge is 0.436 e. The van der Waals surface area contributed by atoms with E-state index in [-0.39, 0.29) is 15.6 Å². The SMILES string of the molecule is CCc1ccc(-c2nc3cc(NC(=O)c4sc5c([N+](=O)[O-])cccc5c4Cl)ccc3o2)cc1. The Hall–Kier alpha value is -3.75. The highest BCUT2D eigenvalue weighted by Crippen LogP contribution is 2.40. The summed E-state index contributed by atoms with van der Waals surface area (Å²) in [6.07, 6.45) is 0.952. The Bertz CT molecular complexity index is 1540. The molecule has 0 unspecified atom stereocenters. The summed E-state index contributed by atoms with van der Waals surface area (Å²) in [6, 6.07) is 17.8. The van der Waals surface area contributed by atoms with Crippen LogP contribution in [0.4, 0.5) is 11.4 Å². The van der Waals surface area contributed by atoms with Crippen LogP contribution in [-0.2, 0) is 6.42 Å². The van der Waals surface area contributed by atoms with E-state index in [0.29, 0.717) is 32.8 Å². The standard InChI is InChI=1S/C24H16ClN3O4S/c1-2-13-6-8-14(9-7-13)24-27-17-12-15(10-11-19(17)32-24)26-23(29)22-20(25)16-4-3-5-18(28(30)31)21(16)33-22/h3-12H,2H2,1H3,(H,26,29). The maximum Gasteiger partial charge on any atom is 0.287 e. The first-order chi connectivity index (χ1) is 15.9. The van der Waals surface area contributed by atoms with Crippen molar-refractivity contribution in [3.8, 4) is 11.5 Å². The van der Waals surface area contributed by atoms with E-state index >= 15 is 0 Å². The van der Waals surface area contributed by atoms with Crippen LogP contribution in [0.5, 0.6) is 0 Å². The minimum absolute atomic E-state index is 0.0815. The van der Waals surface area contributed by atoms with Gasteiger partial charge in [0.25, 0.3) is 11.6 Å². The molecule has 0 aliphatic rings. The molecule has 1 N–H and O–H groups in total. The molecular formula is C24H16ClN3O4S. The molecule has 1 amide bonds. The topological polar surface area (TPSA) is 98.3 Å². The van der Waals surface area contributed by atoms with E-state index in [0.717, 1.165) is 23.3 Å². The van der Waals surface area contributed by atoms with E-state index in [1.54, 1.807) is 30.3 Å². The van der Waals surface area contributed by atoms with Crippen molar-refractivity contribution in [1.29, 1.82) is 0 Å². The number of carbonyl (C=O) groups excluding carboxylic acids is 1. The van der Waals surface area contributed by atoms with Crippen LogP contribution in [0.15, 0.2) is 65.1 Å². The fourth-order valence-electron chi connectivity index (χ4n) is 3.56. The zero-order chi connectivity index (χ0) is 23.1. The number of rotatable bonds is 5. The summed E-state index contributed by atoms with van der Waals surface area (Å²) < 4.78 is 6.22. The first kappa shape index (κ1) is 21.1. The third kappa shape index (κ3) is 3.83. The van der Waals surface area contributed by atoms with Gasteiger partial charge in [0.2, 0.25) is 5.89 Å². The predicted octanol–water partition coefficient (Wildman–Crippen LogP) is 7.09. The van der Waals surface area contributed by atoms with Crippen LogP contribution >= 0.6 is 22.9 Å². The quantitative estimate of drug-likeness (QED) is 0.215. The van der Waals surface area contributed by atoms with Crippen molar-refractivity contribution in [2.75, 3.05) is 5.32 Å². The van der Waals surface area contributed by atoms with Crippen molar-refractivity contribution in [2.45, 2.75) is 13.3 Å².